The third-order valence-electron chi connectivity index (χ3n) is 4.10. The van der Waals surface area contributed by atoms with Crippen LogP contribution in [-0.2, 0) is 19.9 Å². The van der Waals surface area contributed by atoms with Crippen molar-refractivity contribution in [1.29, 1.82) is 0 Å². The molecule has 2 aromatic carbocycles. The highest BCUT2D eigenvalue weighted by molar-refractivity contribution is 5.75. The third kappa shape index (κ3) is 5.37. The second kappa shape index (κ2) is 10.4. The summed E-state index contributed by atoms with van der Waals surface area (Å²) in [4.78, 5) is 21.1. The number of hydrogen-bond acceptors (Lipinski definition) is 5. The highest BCUT2D eigenvalue weighted by Crippen LogP contribution is 2.36. The predicted octanol–water partition coefficient (Wildman–Crippen LogP) is 1.83. The highest BCUT2D eigenvalue weighted by Gasteiger charge is 2.45. The molecule has 0 aliphatic heterocycles. The Morgan fingerprint density at radius 2 is 1.37 bits per heavy atom. The summed E-state index contributed by atoms with van der Waals surface area (Å²) in [7, 11) is 1.40. The maximum Gasteiger partial charge on any atom is 0.336 e. The molecular formula is C20H25NO6. The number of ether oxygens (including phenoxy) is 1. The van der Waals surface area contributed by atoms with Gasteiger partial charge in [-0.3, -0.25) is 4.79 Å². The Bertz CT molecular complexity index is 680. The number of methoxy groups -OCH3 is 1. The molecule has 0 saturated heterocycles. The van der Waals surface area contributed by atoms with Crippen molar-refractivity contribution in [3.8, 4) is 0 Å². The fourth-order valence-corrected chi connectivity index (χ4v) is 2.55. The molecule has 7 nitrogen and oxygen atoms in total. The minimum Gasteiger partial charge on any atom is -0.480 e. The molecule has 0 fully saturated rings. The van der Waals surface area contributed by atoms with Crippen LogP contribution in [0, 0.1) is 0 Å². The minimum absolute atomic E-state index is 0.495. The summed E-state index contributed by atoms with van der Waals surface area (Å²) >= 11 is 0. The quantitative estimate of drug-likeness (QED) is 0.581. The van der Waals surface area contributed by atoms with Crippen molar-refractivity contribution in [2.75, 3.05) is 7.11 Å². The molecule has 0 aliphatic carbocycles. The van der Waals surface area contributed by atoms with Gasteiger partial charge in [0.25, 0.3) is 0 Å². The fourth-order valence-electron chi connectivity index (χ4n) is 2.55. The van der Waals surface area contributed by atoms with Crippen molar-refractivity contribution in [3.63, 3.8) is 0 Å². The maximum absolute atomic E-state index is 11.3. The number of nitrogens with two attached hydrogens (primary N) is 1. The first-order chi connectivity index (χ1) is 12.8. The van der Waals surface area contributed by atoms with Crippen LogP contribution in [0.3, 0.4) is 0 Å². The van der Waals surface area contributed by atoms with Crippen molar-refractivity contribution in [2.45, 2.75) is 31.1 Å². The highest BCUT2D eigenvalue weighted by atomic mass is 16.5. The number of benzene rings is 2. The summed E-state index contributed by atoms with van der Waals surface area (Å²) in [6.45, 7) is 1.73. The van der Waals surface area contributed by atoms with E-state index in [4.69, 9.17) is 15.6 Å². The number of carboxylic acids is 2. The van der Waals surface area contributed by atoms with Crippen LogP contribution in [0.25, 0.3) is 0 Å². The standard InChI is InChI=1S/C16H16O4.C4H9NO2/c1-20-16(14(17)15(18)19,12-8-4-2-5-9-12)13-10-6-3-7-11-13;1-2-3(5)4(6)7/h2-11,14,17H,1H3,(H,18,19);3H,2,5H2,1H3,(H,6,7)/t14-;/m1./s1. The molecule has 0 amide bonds. The van der Waals surface area contributed by atoms with Crippen molar-refractivity contribution in [1.82, 2.24) is 0 Å². The molecule has 0 saturated carbocycles. The molecule has 27 heavy (non-hydrogen) atoms. The average molecular weight is 375 g/mol. The van der Waals surface area contributed by atoms with Gasteiger partial charge in [-0.2, -0.15) is 0 Å². The van der Waals surface area contributed by atoms with E-state index in [1.165, 1.54) is 7.11 Å². The summed E-state index contributed by atoms with van der Waals surface area (Å²) in [5.74, 6) is -2.26. The van der Waals surface area contributed by atoms with Crippen LogP contribution in [0.2, 0.25) is 0 Å². The second-order valence-electron chi connectivity index (χ2n) is 5.77. The van der Waals surface area contributed by atoms with Gasteiger partial charge in [-0.15, -0.1) is 0 Å². The van der Waals surface area contributed by atoms with Crippen LogP contribution in [0.4, 0.5) is 0 Å². The number of aliphatic hydroxyl groups is 1. The van der Waals surface area contributed by atoms with E-state index in [1.807, 2.05) is 12.1 Å². The Morgan fingerprint density at radius 3 is 1.59 bits per heavy atom. The van der Waals surface area contributed by atoms with Crippen LogP contribution in [0.15, 0.2) is 60.7 Å². The van der Waals surface area contributed by atoms with Gasteiger partial charge in [-0.1, -0.05) is 67.6 Å². The molecule has 0 heterocycles. The Labute approximate surface area is 158 Å². The van der Waals surface area contributed by atoms with E-state index in [2.05, 4.69) is 0 Å². The molecule has 2 aromatic rings. The number of carbonyl (C=O) groups is 2. The number of aliphatic carboxylic acids is 2. The number of hydrogen-bond donors (Lipinski definition) is 4. The van der Waals surface area contributed by atoms with Crippen molar-refractivity contribution < 1.29 is 29.6 Å². The molecule has 0 aromatic heterocycles. The van der Waals surface area contributed by atoms with Gasteiger partial charge in [0, 0.05) is 7.11 Å². The lowest BCUT2D eigenvalue weighted by molar-refractivity contribution is -0.163. The van der Waals surface area contributed by atoms with Gasteiger partial charge in [-0.25, -0.2) is 4.79 Å². The second-order valence-corrected chi connectivity index (χ2v) is 5.77. The number of carboxylic acid groups (broad SMARTS) is 2. The minimum atomic E-state index is -1.71. The molecule has 0 spiro atoms. The first-order valence-electron chi connectivity index (χ1n) is 8.36. The van der Waals surface area contributed by atoms with Gasteiger partial charge in [0.05, 0.1) is 0 Å². The van der Waals surface area contributed by atoms with Gasteiger partial charge < -0.3 is 25.8 Å². The lowest BCUT2D eigenvalue weighted by Crippen LogP contribution is -2.47. The van der Waals surface area contributed by atoms with E-state index in [-0.39, 0.29) is 0 Å². The molecular weight excluding hydrogens is 350 g/mol. The Balaban J connectivity index is 0.000000445. The Morgan fingerprint density at radius 1 is 0.963 bits per heavy atom. The molecule has 0 bridgehead atoms. The molecule has 2 rings (SSSR count). The van der Waals surface area contributed by atoms with Crippen molar-refractivity contribution in [3.05, 3.63) is 71.8 Å². The first kappa shape index (κ1) is 22.3. The van der Waals surface area contributed by atoms with E-state index < -0.39 is 29.7 Å². The smallest absolute Gasteiger partial charge is 0.336 e. The zero-order chi connectivity index (χ0) is 20.4. The summed E-state index contributed by atoms with van der Waals surface area (Å²) < 4.78 is 5.50. The molecule has 1 unspecified atom stereocenters. The topological polar surface area (TPSA) is 130 Å². The molecule has 5 N–H and O–H groups in total. The van der Waals surface area contributed by atoms with Gasteiger partial charge >= 0.3 is 11.9 Å². The normalized spacial score (nSPS) is 13.0. The summed E-state index contributed by atoms with van der Waals surface area (Å²) in [5, 5.41) is 27.5. The van der Waals surface area contributed by atoms with E-state index in [0.717, 1.165) is 0 Å². The Hall–Kier alpha value is -2.74. The molecule has 0 radical (unpaired) electrons. The molecule has 146 valence electrons. The van der Waals surface area contributed by atoms with Crippen LogP contribution in [-0.4, -0.2) is 46.5 Å². The SMILES string of the molecule is CCC(N)C(=O)O.COC(c1ccccc1)(c1ccccc1)[C@H](O)C(=O)O. The first-order valence-corrected chi connectivity index (χ1v) is 8.36. The van der Waals surface area contributed by atoms with Gasteiger partial charge in [-0.05, 0) is 17.5 Å². The van der Waals surface area contributed by atoms with Crippen molar-refractivity contribution >= 4 is 11.9 Å². The van der Waals surface area contributed by atoms with Gasteiger partial charge in [0.1, 0.15) is 6.04 Å². The predicted molar refractivity (Wildman–Crippen MR) is 100 cm³/mol. The zero-order valence-electron chi connectivity index (χ0n) is 15.3. The van der Waals surface area contributed by atoms with Gasteiger partial charge in [0.15, 0.2) is 11.7 Å². The average Bonchev–Trinajstić information content (AvgIpc) is 2.70. The Kier molecular flexibility index (Phi) is 8.61. The van der Waals surface area contributed by atoms with Crippen LogP contribution < -0.4 is 5.73 Å². The number of aliphatic hydroxyl groups excluding tert-OH is 1. The lowest BCUT2D eigenvalue weighted by Gasteiger charge is -2.35. The fraction of sp³-hybridized carbons (Fsp3) is 0.300. The molecule has 2 atom stereocenters. The summed E-state index contributed by atoms with van der Waals surface area (Å²) in [6, 6.07) is 17.0. The lowest BCUT2D eigenvalue weighted by atomic mass is 9.81. The summed E-state index contributed by atoms with van der Waals surface area (Å²) in [5.41, 5.74) is 4.75. The largest absolute Gasteiger partial charge is 0.480 e. The van der Waals surface area contributed by atoms with Crippen LogP contribution >= 0.6 is 0 Å². The van der Waals surface area contributed by atoms with Gasteiger partial charge in [0.2, 0.25) is 0 Å². The van der Waals surface area contributed by atoms with E-state index in [0.29, 0.717) is 17.5 Å². The van der Waals surface area contributed by atoms with Crippen LogP contribution in [0.1, 0.15) is 24.5 Å². The van der Waals surface area contributed by atoms with E-state index in [9.17, 15) is 19.8 Å². The maximum atomic E-state index is 11.3. The molecule has 7 heteroatoms. The monoisotopic (exact) mass is 375 g/mol. The van der Waals surface area contributed by atoms with E-state index >= 15 is 0 Å². The zero-order valence-corrected chi connectivity index (χ0v) is 15.3. The number of rotatable bonds is 7. The molecule has 0 aliphatic rings. The van der Waals surface area contributed by atoms with Crippen molar-refractivity contribution in [2.24, 2.45) is 5.73 Å². The summed E-state index contributed by atoms with van der Waals surface area (Å²) in [6.07, 6.45) is -1.22. The van der Waals surface area contributed by atoms with Crippen LogP contribution in [0.5, 0.6) is 0 Å². The van der Waals surface area contributed by atoms with E-state index in [1.54, 1.807) is 55.5 Å². The third-order valence-corrected chi connectivity index (χ3v) is 4.10.